The third-order valence-electron chi connectivity index (χ3n) is 1.10. The van der Waals surface area contributed by atoms with Crippen LogP contribution in [0.25, 0.3) is 0 Å². The molecular weight excluding hydrogens is 212 g/mol. The molecular formula is C7H13BrO3. The highest BCUT2D eigenvalue weighted by Gasteiger charge is 1.97. The van der Waals surface area contributed by atoms with Crippen LogP contribution in [-0.4, -0.2) is 31.6 Å². The summed E-state index contributed by atoms with van der Waals surface area (Å²) in [6.07, 6.45) is 1.32. The van der Waals surface area contributed by atoms with Crippen LogP contribution >= 0.6 is 15.9 Å². The number of hydrogen-bond acceptors (Lipinski definition) is 3. The van der Waals surface area contributed by atoms with Gasteiger partial charge >= 0.3 is 5.97 Å². The number of hydrogen-bond donors (Lipinski definition) is 0. The topological polar surface area (TPSA) is 35.5 Å². The van der Waals surface area contributed by atoms with Crippen molar-refractivity contribution in [2.75, 3.05) is 25.7 Å². The van der Waals surface area contributed by atoms with Crippen LogP contribution in [0.5, 0.6) is 0 Å². The largest absolute Gasteiger partial charge is 0.469 e. The molecule has 0 unspecified atom stereocenters. The molecule has 66 valence electrons. The Bertz CT molecular complexity index is 106. The third kappa shape index (κ3) is 7.81. The van der Waals surface area contributed by atoms with Crippen LogP contribution in [0, 0.1) is 0 Å². The number of rotatable bonds is 6. The zero-order valence-electron chi connectivity index (χ0n) is 6.64. The molecule has 0 spiro atoms. The lowest BCUT2D eigenvalue weighted by atomic mass is 10.4. The number of ether oxygens (including phenoxy) is 2. The molecule has 0 aromatic carbocycles. The minimum Gasteiger partial charge on any atom is -0.469 e. The Labute approximate surface area is 75.2 Å². The van der Waals surface area contributed by atoms with Crippen molar-refractivity contribution >= 4 is 21.9 Å². The molecule has 0 saturated heterocycles. The van der Waals surface area contributed by atoms with Crippen molar-refractivity contribution in [3.63, 3.8) is 0 Å². The van der Waals surface area contributed by atoms with Gasteiger partial charge in [-0.15, -0.1) is 0 Å². The van der Waals surface area contributed by atoms with Crippen LogP contribution < -0.4 is 0 Å². The fraction of sp³-hybridized carbons (Fsp3) is 0.857. The van der Waals surface area contributed by atoms with Gasteiger partial charge in [-0.1, -0.05) is 15.9 Å². The molecule has 0 bridgehead atoms. The summed E-state index contributed by atoms with van der Waals surface area (Å²) >= 11 is 3.27. The zero-order valence-corrected chi connectivity index (χ0v) is 8.22. The lowest BCUT2D eigenvalue weighted by Gasteiger charge is -2.00. The van der Waals surface area contributed by atoms with Crippen molar-refractivity contribution < 1.29 is 14.3 Å². The molecule has 0 rings (SSSR count). The standard InChI is InChI=1S/C7H13BrO3/c1-10-7(9)3-6-11-5-2-4-8/h2-6H2,1H3. The fourth-order valence-corrected chi connectivity index (χ4v) is 0.745. The maximum absolute atomic E-state index is 10.5. The first-order chi connectivity index (χ1) is 5.31. The van der Waals surface area contributed by atoms with Gasteiger partial charge in [0.15, 0.2) is 0 Å². The molecule has 0 fully saturated rings. The molecule has 0 amide bonds. The monoisotopic (exact) mass is 224 g/mol. The van der Waals surface area contributed by atoms with Crippen LogP contribution in [-0.2, 0) is 14.3 Å². The first-order valence-corrected chi connectivity index (χ1v) is 4.64. The van der Waals surface area contributed by atoms with Gasteiger partial charge in [-0.3, -0.25) is 4.79 Å². The highest BCUT2D eigenvalue weighted by Crippen LogP contribution is 1.91. The van der Waals surface area contributed by atoms with Crippen molar-refractivity contribution in [3.8, 4) is 0 Å². The highest BCUT2D eigenvalue weighted by molar-refractivity contribution is 9.09. The number of carbonyl (C=O) groups is 1. The molecule has 0 atom stereocenters. The van der Waals surface area contributed by atoms with Gasteiger partial charge in [-0.25, -0.2) is 0 Å². The van der Waals surface area contributed by atoms with Gasteiger partial charge in [0.2, 0.25) is 0 Å². The molecule has 0 aromatic rings. The van der Waals surface area contributed by atoms with Gasteiger partial charge in [0.1, 0.15) is 0 Å². The smallest absolute Gasteiger partial charge is 0.307 e. The van der Waals surface area contributed by atoms with Gasteiger partial charge < -0.3 is 9.47 Å². The average molecular weight is 225 g/mol. The van der Waals surface area contributed by atoms with Gasteiger partial charge in [-0.05, 0) is 6.42 Å². The molecule has 0 aliphatic heterocycles. The lowest BCUT2D eigenvalue weighted by molar-refractivity contribution is -0.141. The van der Waals surface area contributed by atoms with Crippen molar-refractivity contribution in [2.45, 2.75) is 12.8 Å². The van der Waals surface area contributed by atoms with Crippen LogP contribution in [0.3, 0.4) is 0 Å². The Balaban J connectivity index is 2.95. The number of alkyl halides is 1. The van der Waals surface area contributed by atoms with Crippen molar-refractivity contribution in [3.05, 3.63) is 0 Å². The Kier molecular flexibility index (Phi) is 7.95. The Morgan fingerprint density at radius 3 is 2.73 bits per heavy atom. The Morgan fingerprint density at radius 2 is 2.18 bits per heavy atom. The summed E-state index contributed by atoms with van der Waals surface area (Å²) in [5.41, 5.74) is 0. The van der Waals surface area contributed by atoms with E-state index in [-0.39, 0.29) is 5.97 Å². The van der Waals surface area contributed by atoms with E-state index in [0.717, 1.165) is 11.8 Å². The minimum atomic E-state index is -0.219. The summed E-state index contributed by atoms with van der Waals surface area (Å²) in [7, 11) is 1.38. The first-order valence-electron chi connectivity index (χ1n) is 3.51. The second-order valence-electron chi connectivity index (χ2n) is 1.98. The van der Waals surface area contributed by atoms with Crippen molar-refractivity contribution in [1.29, 1.82) is 0 Å². The molecule has 0 N–H and O–H groups in total. The molecule has 11 heavy (non-hydrogen) atoms. The maximum Gasteiger partial charge on any atom is 0.307 e. The quantitative estimate of drug-likeness (QED) is 0.389. The van der Waals surface area contributed by atoms with Crippen LogP contribution in [0.1, 0.15) is 12.8 Å². The van der Waals surface area contributed by atoms with E-state index in [9.17, 15) is 4.79 Å². The molecule has 0 saturated carbocycles. The van der Waals surface area contributed by atoms with E-state index in [0.29, 0.717) is 19.6 Å². The van der Waals surface area contributed by atoms with Gasteiger partial charge in [0.25, 0.3) is 0 Å². The van der Waals surface area contributed by atoms with E-state index in [1.54, 1.807) is 0 Å². The van der Waals surface area contributed by atoms with Gasteiger partial charge in [0, 0.05) is 11.9 Å². The average Bonchev–Trinajstić information content (AvgIpc) is 2.04. The molecule has 0 aliphatic carbocycles. The van der Waals surface area contributed by atoms with E-state index >= 15 is 0 Å². The minimum absolute atomic E-state index is 0.219. The number of methoxy groups -OCH3 is 1. The fourth-order valence-electron chi connectivity index (χ4n) is 0.516. The van der Waals surface area contributed by atoms with Crippen molar-refractivity contribution in [2.24, 2.45) is 0 Å². The number of esters is 1. The van der Waals surface area contributed by atoms with E-state index in [4.69, 9.17) is 4.74 Å². The second kappa shape index (κ2) is 8.01. The number of halogens is 1. The number of carbonyl (C=O) groups excluding carboxylic acids is 1. The Hall–Kier alpha value is -0.0900. The molecule has 4 heteroatoms. The van der Waals surface area contributed by atoms with E-state index in [1.807, 2.05) is 0 Å². The highest BCUT2D eigenvalue weighted by atomic mass is 79.9. The lowest BCUT2D eigenvalue weighted by Crippen LogP contribution is -2.06. The Morgan fingerprint density at radius 1 is 1.45 bits per heavy atom. The van der Waals surface area contributed by atoms with Crippen LogP contribution in [0.15, 0.2) is 0 Å². The van der Waals surface area contributed by atoms with Gasteiger partial charge in [0.05, 0.1) is 20.1 Å². The van der Waals surface area contributed by atoms with Crippen molar-refractivity contribution in [1.82, 2.24) is 0 Å². The summed E-state index contributed by atoms with van der Waals surface area (Å²) in [4.78, 5) is 10.5. The summed E-state index contributed by atoms with van der Waals surface area (Å²) in [6, 6.07) is 0. The van der Waals surface area contributed by atoms with E-state index in [1.165, 1.54) is 7.11 Å². The third-order valence-corrected chi connectivity index (χ3v) is 1.66. The summed E-state index contributed by atoms with van der Waals surface area (Å²) in [6.45, 7) is 1.15. The summed E-state index contributed by atoms with van der Waals surface area (Å²) in [5, 5.41) is 0.936. The van der Waals surface area contributed by atoms with Crippen LogP contribution in [0.2, 0.25) is 0 Å². The predicted molar refractivity (Wildman–Crippen MR) is 45.9 cm³/mol. The van der Waals surface area contributed by atoms with Gasteiger partial charge in [-0.2, -0.15) is 0 Å². The maximum atomic E-state index is 10.5. The van der Waals surface area contributed by atoms with E-state index < -0.39 is 0 Å². The summed E-state index contributed by atoms with van der Waals surface area (Å²) in [5.74, 6) is -0.219. The zero-order chi connectivity index (χ0) is 8.53. The molecule has 0 radical (unpaired) electrons. The van der Waals surface area contributed by atoms with Crippen LogP contribution in [0.4, 0.5) is 0 Å². The summed E-state index contributed by atoms with van der Waals surface area (Å²) < 4.78 is 9.54. The second-order valence-corrected chi connectivity index (χ2v) is 2.77. The molecule has 0 aliphatic rings. The van der Waals surface area contributed by atoms with E-state index in [2.05, 4.69) is 20.7 Å². The first kappa shape index (κ1) is 10.9. The predicted octanol–water partition coefficient (Wildman–Crippen LogP) is 1.35. The molecule has 3 nitrogen and oxygen atoms in total. The molecule has 0 heterocycles. The SMILES string of the molecule is COC(=O)CCOCCCBr. The molecule has 0 aromatic heterocycles. The normalized spacial score (nSPS) is 9.64.